The number of aromatic nitrogens is 2. The van der Waals surface area contributed by atoms with Crippen LogP contribution >= 0.6 is 22.7 Å². The van der Waals surface area contributed by atoms with Gasteiger partial charge in [0, 0.05) is 35.5 Å². The number of amides is 1. The zero-order valence-corrected chi connectivity index (χ0v) is 12.3. The minimum atomic E-state index is 0.0578. The van der Waals surface area contributed by atoms with E-state index in [0.717, 1.165) is 25.9 Å². The van der Waals surface area contributed by atoms with Gasteiger partial charge in [-0.3, -0.25) is 4.79 Å². The van der Waals surface area contributed by atoms with Crippen LogP contribution in [-0.4, -0.2) is 33.9 Å². The number of likely N-dealkylation sites (tertiary alicyclic amines) is 1. The number of rotatable bonds is 2. The number of hydrogen-bond acceptors (Lipinski definition) is 5. The molecule has 1 aliphatic rings. The first-order valence-corrected chi connectivity index (χ1v) is 8.09. The van der Waals surface area contributed by atoms with Crippen molar-refractivity contribution in [3.05, 3.63) is 33.2 Å². The standard InChI is InChI=1S/C13H15N3OS2/c1-13(12-14-4-7-19-12)2-5-16(6-3-13)11(17)10-8-18-9-15-10/h4,7-9H,2-3,5-6H2,1H3. The van der Waals surface area contributed by atoms with Crippen LogP contribution in [0.3, 0.4) is 0 Å². The van der Waals surface area contributed by atoms with E-state index in [1.54, 1.807) is 16.8 Å². The van der Waals surface area contributed by atoms with Crippen molar-refractivity contribution < 1.29 is 4.79 Å². The maximum Gasteiger partial charge on any atom is 0.273 e. The number of thiazole rings is 2. The van der Waals surface area contributed by atoms with E-state index in [-0.39, 0.29) is 11.3 Å². The number of nitrogens with zero attached hydrogens (tertiary/aromatic N) is 3. The molecule has 19 heavy (non-hydrogen) atoms. The molecule has 2 aromatic rings. The van der Waals surface area contributed by atoms with Crippen LogP contribution in [0.25, 0.3) is 0 Å². The number of hydrogen-bond donors (Lipinski definition) is 0. The lowest BCUT2D eigenvalue weighted by Gasteiger charge is -2.37. The Balaban J connectivity index is 1.68. The Morgan fingerprint density at radius 2 is 2.16 bits per heavy atom. The molecule has 3 heterocycles. The Labute approximate surface area is 120 Å². The molecule has 0 atom stereocenters. The summed E-state index contributed by atoms with van der Waals surface area (Å²) in [5.41, 5.74) is 2.40. The Kier molecular flexibility index (Phi) is 3.36. The van der Waals surface area contributed by atoms with Gasteiger partial charge in [0.05, 0.1) is 10.5 Å². The molecule has 3 rings (SSSR count). The number of carbonyl (C=O) groups is 1. The van der Waals surface area contributed by atoms with Crippen LogP contribution in [0.1, 0.15) is 35.3 Å². The van der Waals surface area contributed by atoms with Crippen molar-refractivity contribution in [2.45, 2.75) is 25.2 Å². The molecule has 0 radical (unpaired) electrons. The summed E-state index contributed by atoms with van der Waals surface area (Å²) < 4.78 is 0. The summed E-state index contributed by atoms with van der Waals surface area (Å²) in [5.74, 6) is 0.0578. The molecular weight excluding hydrogens is 278 g/mol. The lowest BCUT2D eigenvalue weighted by atomic mass is 9.81. The van der Waals surface area contributed by atoms with Gasteiger partial charge in [-0.25, -0.2) is 9.97 Å². The third-order valence-corrected chi connectivity index (χ3v) is 5.42. The van der Waals surface area contributed by atoms with E-state index in [2.05, 4.69) is 16.9 Å². The van der Waals surface area contributed by atoms with Crippen LogP contribution < -0.4 is 0 Å². The summed E-state index contributed by atoms with van der Waals surface area (Å²) in [4.78, 5) is 22.7. The fourth-order valence-corrected chi connectivity index (χ4v) is 3.81. The molecule has 1 saturated heterocycles. The molecule has 2 aromatic heterocycles. The summed E-state index contributed by atoms with van der Waals surface area (Å²) in [6.07, 6.45) is 3.80. The van der Waals surface area contributed by atoms with Crippen molar-refractivity contribution in [3.8, 4) is 0 Å². The third-order valence-electron chi connectivity index (χ3n) is 3.75. The van der Waals surface area contributed by atoms with Crippen LogP contribution in [0, 0.1) is 0 Å². The molecule has 1 aliphatic heterocycles. The van der Waals surface area contributed by atoms with Crippen molar-refractivity contribution in [1.82, 2.24) is 14.9 Å². The SMILES string of the molecule is CC1(c2nccs2)CCN(C(=O)c2cscn2)CC1. The lowest BCUT2D eigenvalue weighted by molar-refractivity contribution is 0.0671. The third kappa shape index (κ3) is 2.42. The van der Waals surface area contributed by atoms with E-state index >= 15 is 0 Å². The quantitative estimate of drug-likeness (QED) is 0.855. The van der Waals surface area contributed by atoms with Crippen molar-refractivity contribution in [3.63, 3.8) is 0 Å². The monoisotopic (exact) mass is 293 g/mol. The van der Waals surface area contributed by atoms with Crippen LogP contribution in [0.15, 0.2) is 22.5 Å². The van der Waals surface area contributed by atoms with Gasteiger partial charge >= 0.3 is 0 Å². The van der Waals surface area contributed by atoms with E-state index in [0.29, 0.717) is 5.69 Å². The number of carbonyl (C=O) groups excluding carboxylic acids is 1. The largest absolute Gasteiger partial charge is 0.337 e. The molecule has 0 bridgehead atoms. The van der Waals surface area contributed by atoms with Gasteiger partial charge in [0.15, 0.2) is 0 Å². The highest BCUT2D eigenvalue weighted by Crippen LogP contribution is 2.36. The zero-order chi connectivity index (χ0) is 13.3. The molecule has 0 aromatic carbocycles. The summed E-state index contributed by atoms with van der Waals surface area (Å²) in [7, 11) is 0. The topological polar surface area (TPSA) is 46.1 Å². The first kappa shape index (κ1) is 12.7. The van der Waals surface area contributed by atoms with Crippen molar-refractivity contribution in [1.29, 1.82) is 0 Å². The minimum absolute atomic E-state index is 0.0578. The smallest absolute Gasteiger partial charge is 0.273 e. The Hall–Kier alpha value is -1.27. The second-order valence-corrected chi connectivity index (χ2v) is 6.68. The number of piperidine rings is 1. The Morgan fingerprint density at radius 1 is 1.37 bits per heavy atom. The minimum Gasteiger partial charge on any atom is -0.337 e. The van der Waals surface area contributed by atoms with Gasteiger partial charge in [0.1, 0.15) is 5.69 Å². The van der Waals surface area contributed by atoms with E-state index in [9.17, 15) is 4.79 Å². The van der Waals surface area contributed by atoms with Gasteiger partial charge in [0.2, 0.25) is 0 Å². The zero-order valence-electron chi connectivity index (χ0n) is 10.7. The molecule has 1 fully saturated rings. The summed E-state index contributed by atoms with van der Waals surface area (Å²) in [5, 5.41) is 5.03. The van der Waals surface area contributed by atoms with Crippen LogP contribution in [-0.2, 0) is 5.41 Å². The molecule has 100 valence electrons. The molecule has 0 spiro atoms. The second kappa shape index (κ2) is 5.02. The maximum absolute atomic E-state index is 12.2. The molecular formula is C13H15N3OS2. The molecule has 0 aliphatic carbocycles. The second-order valence-electron chi connectivity index (χ2n) is 5.06. The summed E-state index contributed by atoms with van der Waals surface area (Å²) >= 11 is 3.17. The maximum atomic E-state index is 12.2. The van der Waals surface area contributed by atoms with Crippen LogP contribution in [0.4, 0.5) is 0 Å². The fourth-order valence-electron chi connectivity index (χ4n) is 2.42. The summed E-state index contributed by atoms with van der Waals surface area (Å²) in [6.45, 7) is 3.81. The Morgan fingerprint density at radius 3 is 2.74 bits per heavy atom. The molecule has 0 unspecified atom stereocenters. The molecule has 6 heteroatoms. The van der Waals surface area contributed by atoms with Gasteiger partial charge in [-0.2, -0.15) is 0 Å². The van der Waals surface area contributed by atoms with Gasteiger partial charge in [-0.15, -0.1) is 22.7 Å². The van der Waals surface area contributed by atoms with Crippen molar-refractivity contribution in [2.75, 3.05) is 13.1 Å². The summed E-state index contributed by atoms with van der Waals surface area (Å²) in [6, 6.07) is 0. The van der Waals surface area contributed by atoms with E-state index in [1.165, 1.54) is 16.3 Å². The molecule has 0 saturated carbocycles. The first-order valence-electron chi connectivity index (χ1n) is 6.26. The van der Waals surface area contributed by atoms with Crippen LogP contribution in [0.2, 0.25) is 0 Å². The highest BCUT2D eigenvalue weighted by Gasteiger charge is 2.35. The van der Waals surface area contributed by atoms with Gasteiger partial charge in [-0.05, 0) is 12.8 Å². The van der Waals surface area contributed by atoms with Gasteiger partial charge < -0.3 is 4.90 Å². The van der Waals surface area contributed by atoms with Crippen LogP contribution in [0.5, 0.6) is 0 Å². The Bertz CT molecular complexity index is 542. The molecule has 1 amide bonds. The van der Waals surface area contributed by atoms with E-state index in [4.69, 9.17) is 0 Å². The molecule has 4 nitrogen and oxygen atoms in total. The van der Waals surface area contributed by atoms with E-state index < -0.39 is 0 Å². The highest BCUT2D eigenvalue weighted by atomic mass is 32.1. The lowest BCUT2D eigenvalue weighted by Crippen LogP contribution is -2.44. The molecule has 0 N–H and O–H groups in total. The first-order chi connectivity index (χ1) is 9.19. The highest BCUT2D eigenvalue weighted by molar-refractivity contribution is 7.09. The van der Waals surface area contributed by atoms with Gasteiger partial charge in [-0.1, -0.05) is 6.92 Å². The van der Waals surface area contributed by atoms with E-state index in [1.807, 2.05) is 21.9 Å². The normalized spacial score (nSPS) is 18.5. The average Bonchev–Trinajstić information content (AvgIpc) is 3.12. The predicted octanol–water partition coefficient (Wildman–Crippen LogP) is 2.79. The van der Waals surface area contributed by atoms with Gasteiger partial charge in [0.25, 0.3) is 5.91 Å². The van der Waals surface area contributed by atoms with Crippen molar-refractivity contribution in [2.24, 2.45) is 0 Å². The fraction of sp³-hybridized carbons (Fsp3) is 0.462. The van der Waals surface area contributed by atoms with Crippen molar-refractivity contribution >= 4 is 28.6 Å². The predicted molar refractivity (Wildman–Crippen MR) is 76.7 cm³/mol. The average molecular weight is 293 g/mol.